The van der Waals surface area contributed by atoms with Crippen LogP contribution < -0.4 is 4.74 Å². The molecule has 0 atom stereocenters. The molecule has 3 aromatic rings. The van der Waals surface area contributed by atoms with E-state index in [4.69, 9.17) is 16.3 Å². The molecule has 20 heavy (non-hydrogen) atoms. The first-order valence-electron chi connectivity index (χ1n) is 6.42. The van der Waals surface area contributed by atoms with E-state index in [2.05, 4.69) is 21.7 Å². The Morgan fingerprint density at radius 3 is 2.90 bits per heavy atom. The number of halogens is 1. The number of pyridine rings is 1. The molecule has 102 valence electrons. The van der Waals surface area contributed by atoms with Gasteiger partial charge in [0.1, 0.15) is 5.75 Å². The predicted molar refractivity (Wildman–Crippen MR) is 81.6 cm³/mol. The van der Waals surface area contributed by atoms with Crippen LogP contribution >= 0.6 is 11.6 Å². The lowest BCUT2D eigenvalue weighted by molar-refractivity contribution is 0.413. The van der Waals surface area contributed by atoms with E-state index in [0.717, 1.165) is 33.1 Å². The van der Waals surface area contributed by atoms with Crippen molar-refractivity contribution in [3.05, 3.63) is 59.0 Å². The summed E-state index contributed by atoms with van der Waals surface area (Å²) in [6.45, 7) is 2.64. The number of ether oxygens (including phenoxy) is 1. The maximum absolute atomic E-state index is 6.29. The van der Waals surface area contributed by atoms with Gasteiger partial charge in [-0.25, -0.2) is 0 Å². The molecule has 0 aliphatic carbocycles. The van der Waals surface area contributed by atoms with E-state index in [9.17, 15) is 0 Å². The van der Waals surface area contributed by atoms with Crippen LogP contribution in [0.3, 0.4) is 0 Å². The van der Waals surface area contributed by atoms with Crippen LogP contribution in [0.2, 0.25) is 5.02 Å². The maximum Gasteiger partial charge on any atom is 0.122 e. The van der Waals surface area contributed by atoms with Crippen molar-refractivity contribution in [2.75, 3.05) is 7.11 Å². The van der Waals surface area contributed by atoms with Crippen molar-refractivity contribution >= 4 is 22.5 Å². The van der Waals surface area contributed by atoms with Crippen LogP contribution in [0, 0.1) is 6.92 Å². The first-order chi connectivity index (χ1) is 9.67. The second kappa shape index (κ2) is 5.17. The van der Waals surface area contributed by atoms with Gasteiger partial charge in [0.05, 0.1) is 29.9 Å². The third-order valence-corrected chi connectivity index (χ3v) is 3.59. The van der Waals surface area contributed by atoms with Gasteiger partial charge in [0.2, 0.25) is 0 Å². The van der Waals surface area contributed by atoms with E-state index in [-0.39, 0.29) is 0 Å². The number of methoxy groups -OCH3 is 1. The van der Waals surface area contributed by atoms with Crippen molar-refractivity contribution in [2.45, 2.75) is 13.5 Å². The molecule has 0 spiro atoms. The number of aromatic nitrogens is 2. The molecule has 0 N–H and O–H groups in total. The molecule has 1 aromatic carbocycles. The summed E-state index contributed by atoms with van der Waals surface area (Å²) >= 11 is 6.29. The molecule has 4 heteroatoms. The van der Waals surface area contributed by atoms with Gasteiger partial charge >= 0.3 is 0 Å². The average molecular weight is 287 g/mol. The molecule has 0 saturated carbocycles. The first-order valence-corrected chi connectivity index (χ1v) is 6.80. The van der Waals surface area contributed by atoms with E-state index in [1.807, 2.05) is 37.4 Å². The van der Waals surface area contributed by atoms with Gasteiger partial charge in [-0.2, -0.15) is 0 Å². The lowest BCUT2D eigenvalue weighted by atomic mass is 10.2. The highest BCUT2D eigenvalue weighted by Gasteiger charge is 2.07. The molecule has 2 aromatic heterocycles. The fourth-order valence-electron chi connectivity index (χ4n) is 2.42. The largest absolute Gasteiger partial charge is 0.497 e. The van der Waals surface area contributed by atoms with E-state index in [1.54, 1.807) is 7.11 Å². The Bertz CT molecular complexity index is 764. The van der Waals surface area contributed by atoms with Crippen molar-refractivity contribution < 1.29 is 4.74 Å². The number of benzene rings is 1. The fraction of sp³-hybridized carbons (Fsp3) is 0.188. The molecule has 3 nitrogen and oxygen atoms in total. The Hall–Kier alpha value is -2.00. The highest BCUT2D eigenvalue weighted by Crippen LogP contribution is 2.25. The minimum absolute atomic E-state index is 0.672. The minimum Gasteiger partial charge on any atom is -0.497 e. The van der Waals surface area contributed by atoms with E-state index in [1.165, 1.54) is 0 Å². The van der Waals surface area contributed by atoms with Crippen LogP contribution in [0.1, 0.15) is 11.4 Å². The molecule has 0 saturated heterocycles. The Labute approximate surface area is 122 Å². The molecule has 0 bridgehead atoms. The summed E-state index contributed by atoms with van der Waals surface area (Å²) in [4.78, 5) is 4.55. The van der Waals surface area contributed by atoms with Gasteiger partial charge in [-0.1, -0.05) is 23.7 Å². The normalized spacial score (nSPS) is 10.9. The van der Waals surface area contributed by atoms with Crippen molar-refractivity contribution in [1.29, 1.82) is 0 Å². The topological polar surface area (TPSA) is 27.1 Å². The Morgan fingerprint density at radius 2 is 2.10 bits per heavy atom. The molecule has 0 amide bonds. The number of hydrogen-bond acceptors (Lipinski definition) is 2. The third-order valence-electron chi connectivity index (χ3n) is 3.29. The smallest absolute Gasteiger partial charge is 0.122 e. The summed E-state index contributed by atoms with van der Waals surface area (Å²) in [5.41, 5.74) is 2.94. The summed E-state index contributed by atoms with van der Waals surface area (Å²) < 4.78 is 7.40. The third kappa shape index (κ3) is 2.37. The van der Waals surface area contributed by atoms with E-state index < -0.39 is 0 Å². The summed E-state index contributed by atoms with van der Waals surface area (Å²) in [6, 6.07) is 11.9. The summed E-state index contributed by atoms with van der Waals surface area (Å²) in [5, 5.41) is 1.89. The number of nitrogens with zero attached hydrogens (tertiary/aromatic N) is 2. The SMILES string of the molecule is COc1cc(C)nc(Cn2ccc3cccc(Cl)c32)c1. The highest BCUT2D eigenvalue weighted by atomic mass is 35.5. The zero-order valence-electron chi connectivity index (χ0n) is 11.4. The molecule has 0 unspecified atom stereocenters. The second-order valence-corrected chi connectivity index (χ2v) is 5.17. The van der Waals surface area contributed by atoms with Gasteiger partial charge < -0.3 is 9.30 Å². The first kappa shape index (κ1) is 13.0. The predicted octanol–water partition coefficient (Wildman–Crippen LogP) is 4.06. The van der Waals surface area contributed by atoms with Gasteiger partial charge in [-0.15, -0.1) is 0 Å². The molecule has 0 aliphatic heterocycles. The molecule has 0 fully saturated rings. The van der Waals surface area contributed by atoms with E-state index in [0.29, 0.717) is 6.54 Å². The Kier molecular flexibility index (Phi) is 3.36. The highest BCUT2D eigenvalue weighted by molar-refractivity contribution is 6.35. The summed E-state index contributed by atoms with van der Waals surface area (Å²) in [6.07, 6.45) is 2.03. The lowest BCUT2D eigenvalue weighted by Gasteiger charge is -2.09. The Morgan fingerprint density at radius 1 is 1.25 bits per heavy atom. The molecule has 3 rings (SSSR count). The van der Waals surface area contributed by atoms with Gasteiger partial charge in [0.25, 0.3) is 0 Å². The van der Waals surface area contributed by atoms with Gasteiger partial charge in [0, 0.05) is 29.4 Å². The van der Waals surface area contributed by atoms with Gasteiger partial charge in [-0.3, -0.25) is 4.98 Å². The second-order valence-electron chi connectivity index (χ2n) is 4.76. The lowest BCUT2D eigenvalue weighted by Crippen LogP contribution is -2.02. The van der Waals surface area contributed by atoms with Crippen molar-refractivity contribution in [3.63, 3.8) is 0 Å². The minimum atomic E-state index is 0.672. The van der Waals surface area contributed by atoms with Crippen LogP contribution in [0.15, 0.2) is 42.6 Å². The monoisotopic (exact) mass is 286 g/mol. The number of aryl methyl sites for hydroxylation is 1. The molecule has 2 heterocycles. The van der Waals surface area contributed by atoms with Crippen LogP contribution in [0.5, 0.6) is 5.75 Å². The average Bonchev–Trinajstić information content (AvgIpc) is 2.82. The number of para-hydroxylation sites is 1. The van der Waals surface area contributed by atoms with Crippen LogP contribution in [-0.4, -0.2) is 16.7 Å². The van der Waals surface area contributed by atoms with Crippen molar-refractivity contribution in [2.24, 2.45) is 0 Å². The van der Waals surface area contributed by atoms with Gasteiger partial charge in [-0.05, 0) is 19.1 Å². The Balaban J connectivity index is 2.03. The quantitative estimate of drug-likeness (QED) is 0.726. The van der Waals surface area contributed by atoms with Crippen LogP contribution in [0.25, 0.3) is 10.9 Å². The standard InChI is InChI=1S/C16H15ClN2O/c1-11-8-14(20-2)9-13(18-11)10-19-7-6-12-4-3-5-15(17)16(12)19/h3-9H,10H2,1-2H3. The zero-order chi connectivity index (χ0) is 14.1. The van der Waals surface area contributed by atoms with Gasteiger partial charge in [0.15, 0.2) is 0 Å². The summed E-state index contributed by atoms with van der Waals surface area (Å²) in [7, 11) is 1.67. The number of fused-ring (bicyclic) bond motifs is 1. The van der Waals surface area contributed by atoms with Crippen LogP contribution in [0.4, 0.5) is 0 Å². The van der Waals surface area contributed by atoms with Crippen molar-refractivity contribution in [3.8, 4) is 5.75 Å². The fourth-order valence-corrected chi connectivity index (χ4v) is 2.71. The van der Waals surface area contributed by atoms with E-state index >= 15 is 0 Å². The molecule has 0 aliphatic rings. The molecular weight excluding hydrogens is 272 g/mol. The zero-order valence-corrected chi connectivity index (χ0v) is 12.2. The maximum atomic E-state index is 6.29. The number of rotatable bonds is 3. The van der Waals surface area contributed by atoms with Crippen LogP contribution in [-0.2, 0) is 6.54 Å². The van der Waals surface area contributed by atoms with Crippen molar-refractivity contribution in [1.82, 2.24) is 9.55 Å². The molecule has 0 radical (unpaired) electrons. The molecular formula is C16H15ClN2O. The summed E-state index contributed by atoms with van der Waals surface area (Å²) in [5.74, 6) is 0.829. The number of hydrogen-bond donors (Lipinski definition) is 0.